The molecule has 2 unspecified atom stereocenters. The van der Waals surface area contributed by atoms with Gasteiger partial charge in [-0.1, -0.05) is 19.1 Å². The molecule has 0 radical (unpaired) electrons. The van der Waals surface area contributed by atoms with Gasteiger partial charge in [0.1, 0.15) is 12.4 Å². The Kier molecular flexibility index (Phi) is 8.55. The summed E-state index contributed by atoms with van der Waals surface area (Å²) in [5.41, 5.74) is 1.20. The molecule has 1 saturated carbocycles. The van der Waals surface area contributed by atoms with Crippen molar-refractivity contribution in [1.29, 1.82) is 0 Å². The molecule has 22 heavy (non-hydrogen) atoms. The van der Waals surface area contributed by atoms with Crippen LogP contribution in [0, 0.1) is 5.92 Å². The molecule has 2 N–H and O–H groups in total. The number of rotatable bonds is 7. The first-order valence-electron chi connectivity index (χ1n) is 7.40. The average molecular weight is 419 g/mol. The van der Waals surface area contributed by atoms with Gasteiger partial charge in [0, 0.05) is 26.7 Å². The second-order valence-electron chi connectivity index (χ2n) is 5.37. The van der Waals surface area contributed by atoms with Crippen LogP contribution in [0.5, 0.6) is 5.75 Å². The largest absolute Gasteiger partial charge is 0.491 e. The van der Waals surface area contributed by atoms with Crippen molar-refractivity contribution in [2.75, 3.05) is 27.4 Å². The zero-order valence-electron chi connectivity index (χ0n) is 13.5. The van der Waals surface area contributed by atoms with E-state index in [2.05, 4.69) is 34.7 Å². The number of methoxy groups -OCH3 is 1. The van der Waals surface area contributed by atoms with Crippen molar-refractivity contribution in [1.82, 2.24) is 10.6 Å². The van der Waals surface area contributed by atoms with Crippen LogP contribution in [0.2, 0.25) is 0 Å². The van der Waals surface area contributed by atoms with Crippen LogP contribution in [0.4, 0.5) is 0 Å². The first-order valence-corrected chi connectivity index (χ1v) is 7.40. The Balaban J connectivity index is 0.00000242. The van der Waals surface area contributed by atoms with E-state index >= 15 is 0 Å². The Morgan fingerprint density at radius 1 is 1.27 bits per heavy atom. The maximum absolute atomic E-state index is 5.54. The van der Waals surface area contributed by atoms with Crippen molar-refractivity contribution in [2.24, 2.45) is 10.9 Å². The Morgan fingerprint density at radius 2 is 1.95 bits per heavy atom. The van der Waals surface area contributed by atoms with E-state index in [1.165, 1.54) is 12.0 Å². The van der Waals surface area contributed by atoms with Gasteiger partial charge < -0.3 is 20.1 Å². The first-order chi connectivity index (χ1) is 10.2. The summed E-state index contributed by atoms with van der Waals surface area (Å²) in [5, 5.41) is 6.73. The van der Waals surface area contributed by atoms with Crippen LogP contribution in [0.25, 0.3) is 0 Å². The molecule has 1 aromatic rings. The molecule has 0 saturated heterocycles. The molecule has 6 heteroatoms. The van der Waals surface area contributed by atoms with Crippen molar-refractivity contribution in [3.05, 3.63) is 29.8 Å². The van der Waals surface area contributed by atoms with E-state index in [0.29, 0.717) is 19.3 Å². The van der Waals surface area contributed by atoms with Crippen molar-refractivity contribution < 1.29 is 9.47 Å². The van der Waals surface area contributed by atoms with E-state index in [9.17, 15) is 0 Å². The third-order valence-electron chi connectivity index (χ3n) is 3.59. The summed E-state index contributed by atoms with van der Waals surface area (Å²) < 4.78 is 10.5. The summed E-state index contributed by atoms with van der Waals surface area (Å²) in [6.45, 7) is 4.17. The predicted molar refractivity (Wildman–Crippen MR) is 100 cm³/mol. The summed E-state index contributed by atoms with van der Waals surface area (Å²) in [6.07, 6.45) is 1.23. The number of aliphatic imine (C=N–C) groups is 1. The quantitative estimate of drug-likeness (QED) is 0.309. The maximum Gasteiger partial charge on any atom is 0.191 e. The average Bonchev–Trinajstić information content (AvgIpc) is 3.20. The maximum atomic E-state index is 5.54. The fourth-order valence-corrected chi connectivity index (χ4v) is 2.03. The van der Waals surface area contributed by atoms with Crippen LogP contribution in [0.3, 0.4) is 0 Å². The van der Waals surface area contributed by atoms with Crippen LogP contribution >= 0.6 is 24.0 Å². The van der Waals surface area contributed by atoms with Gasteiger partial charge in [-0.05, 0) is 30.0 Å². The van der Waals surface area contributed by atoms with Gasteiger partial charge in [-0.2, -0.15) is 0 Å². The molecule has 1 fully saturated rings. The fourth-order valence-electron chi connectivity index (χ4n) is 2.03. The van der Waals surface area contributed by atoms with Crippen molar-refractivity contribution >= 4 is 29.9 Å². The van der Waals surface area contributed by atoms with Crippen LogP contribution in [0.15, 0.2) is 29.3 Å². The Labute approximate surface area is 149 Å². The predicted octanol–water partition coefficient (Wildman–Crippen LogP) is 2.40. The molecular formula is C16H26IN3O2. The van der Waals surface area contributed by atoms with Crippen LogP contribution in [-0.4, -0.2) is 39.4 Å². The van der Waals surface area contributed by atoms with Gasteiger partial charge in [-0.3, -0.25) is 4.99 Å². The topological polar surface area (TPSA) is 54.9 Å². The van der Waals surface area contributed by atoms with Crippen LogP contribution in [0.1, 0.15) is 18.9 Å². The Hall–Kier alpha value is -1.02. The van der Waals surface area contributed by atoms with E-state index < -0.39 is 0 Å². The highest BCUT2D eigenvalue weighted by molar-refractivity contribution is 14.0. The lowest BCUT2D eigenvalue weighted by atomic mass is 10.2. The number of halogens is 1. The molecular weight excluding hydrogens is 393 g/mol. The van der Waals surface area contributed by atoms with Crippen LogP contribution < -0.4 is 15.4 Å². The normalized spacial score (nSPS) is 20.0. The van der Waals surface area contributed by atoms with Crippen molar-refractivity contribution in [2.45, 2.75) is 25.9 Å². The minimum absolute atomic E-state index is 0. The van der Waals surface area contributed by atoms with E-state index in [0.717, 1.165) is 24.2 Å². The highest BCUT2D eigenvalue weighted by atomic mass is 127. The van der Waals surface area contributed by atoms with E-state index in [1.807, 2.05) is 12.1 Å². The molecule has 1 aliphatic rings. The number of nitrogens with zero attached hydrogens (tertiary/aromatic N) is 1. The Morgan fingerprint density at radius 3 is 2.50 bits per heavy atom. The van der Waals surface area contributed by atoms with E-state index in [-0.39, 0.29) is 24.0 Å². The van der Waals surface area contributed by atoms with Gasteiger partial charge in [0.05, 0.1) is 6.61 Å². The molecule has 2 atom stereocenters. The second kappa shape index (κ2) is 9.89. The summed E-state index contributed by atoms with van der Waals surface area (Å²) in [6, 6.07) is 8.65. The van der Waals surface area contributed by atoms with Crippen molar-refractivity contribution in [3.8, 4) is 5.75 Å². The van der Waals surface area contributed by atoms with Crippen LogP contribution in [-0.2, 0) is 11.3 Å². The van der Waals surface area contributed by atoms with E-state index in [4.69, 9.17) is 9.47 Å². The lowest BCUT2D eigenvalue weighted by Gasteiger charge is -2.12. The standard InChI is InChI=1S/C16H25N3O2.HI/c1-12-10-15(12)19-16(17-2)18-11-13-4-6-14(7-5-13)21-9-8-20-3;/h4-7,12,15H,8-11H2,1-3H3,(H2,17,18,19);1H. The molecule has 0 spiro atoms. The van der Waals surface area contributed by atoms with Gasteiger partial charge in [0.25, 0.3) is 0 Å². The summed E-state index contributed by atoms with van der Waals surface area (Å²) in [7, 11) is 3.47. The summed E-state index contributed by atoms with van der Waals surface area (Å²) in [5.74, 6) is 2.49. The molecule has 124 valence electrons. The number of benzene rings is 1. The summed E-state index contributed by atoms with van der Waals surface area (Å²) in [4.78, 5) is 4.24. The number of ether oxygens (including phenoxy) is 2. The first kappa shape index (κ1) is 19.0. The third kappa shape index (κ3) is 6.39. The zero-order chi connectivity index (χ0) is 15.1. The van der Waals surface area contributed by atoms with Gasteiger partial charge in [-0.25, -0.2) is 0 Å². The van der Waals surface area contributed by atoms with Gasteiger partial charge in [0.2, 0.25) is 0 Å². The zero-order valence-corrected chi connectivity index (χ0v) is 15.8. The van der Waals surface area contributed by atoms with Gasteiger partial charge in [-0.15, -0.1) is 24.0 Å². The second-order valence-corrected chi connectivity index (χ2v) is 5.37. The fraction of sp³-hybridized carbons (Fsp3) is 0.562. The number of nitrogens with one attached hydrogen (secondary N) is 2. The van der Waals surface area contributed by atoms with Gasteiger partial charge >= 0.3 is 0 Å². The van der Waals surface area contributed by atoms with E-state index in [1.54, 1.807) is 14.2 Å². The lowest BCUT2D eigenvalue weighted by molar-refractivity contribution is 0.146. The van der Waals surface area contributed by atoms with Gasteiger partial charge in [0.15, 0.2) is 5.96 Å². The molecule has 5 nitrogen and oxygen atoms in total. The molecule has 1 aromatic carbocycles. The summed E-state index contributed by atoms with van der Waals surface area (Å²) >= 11 is 0. The highest BCUT2D eigenvalue weighted by Crippen LogP contribution is 2.28. The molecule has 2 rings (SSSR count). The molecule has 0 bridgehead atoms. The number of hydrogen-bond donors (Lipinski definition) is 2. The smallest absolute Gasteiger partial charge is 0.191 e. The molecule has 0 aliphatic heterocycles. The minimum Gasteiger partial charge on any atom is -0.491 e. The monoisotopic (exact) mass is 419 g/mol. The molecule has 0 amide bonds. The lowest BCUT2D eigenvalue weighted by Crippen LogP contribution is -2.38. The number of hydrogen-bond acceptors (Lipinski definition) is 3. The minimum atomic E-state index is 0. The van der Waals surface area contributed by atoms with Crippen molar-refractivity contribution in [3.63, 3.8) is 0 Å². The number of guanidine groups is 1. The highest BCUT2D eigenvalue weighted by Gasteiger charge is 2.33. The SMILES string of the molecule is CN=C(NCc1ccc(OCCOC)cc1)NC1CC1C.I. The third-order valence-corrected chi connectivity index (χ3v) is 3.59. The molecule has 0 aromatic heterocycles. The Bertz CT molecular complexity index is 465. The molecule has 0 heterocycles. The molecule has 1 aliphatic carbocycles.